The third kappa shape index (κ3) is 1.53. The van der Waals surface area contributed by atoms with Crippen molar-refractivity contribution in [3.05, 3.63) is 0 Å². The average molecular weight is 168 g/mol. The molecule has 1 aliphatic heterocycles. The lowest BCUT2D eigenvalue weighted by atomic mass is 10.1. The second-order valence-electron chi connectivity index (χ2n) is 3.76. The van der Waals surface area contributed by atoms with Crippen molar-refractivity contribution in [2.75, 3.05) is 19.7 Å². The molecule has 0 atom stereocenters. The molecule has 1 heterocycles. The summed E-state index contributed by atoms with van der Waals surface area (Å²) in [7, 11) is 0. The van der Waals surface area contributed by atoms with Crippen molar-refractivity contribution in [2.24, 2.45) is 0 Å². The molecule has 0 aromatic carbocycles. The van der Waals surface area contributed by atoms with Crippen LogP contribution in [0.25, 0.3) is 0 Å². The third-order valence-electron chi connectivity index (χ3n) is 2.88. The van der Waals surface area contributed by atoms with Crippen LogP contribution in [0.2, 0.25) is 0 Å². The van der Waals surface area contributed by atoms with Crippen LogP contribution in [0.15, 0.2) is 0 Å². The number of hydrogen-bond acceptors (Lipinski definition) is 1. The van der Waals surface area contributed by atoms with Gasteiger partial charge in [-0.2, -0.15) is 0 Å². The first-order valence-electron chi connectivity index (χ1n) is 5.11. The summed E-state index contributed by atoms with van der Waals surface area (Å²) in [4.78, 5) is 0. The maximum absolute atomic E-state index is 5.51. The van der Waals surface area contributed by atoms with E-state index in [0.29, 0.717) is 6.10 Å². The molecule has 68 valence electrons. The Morgan fingerprint density at radius 1 is 1.33 bits per heavy atom. The highest BCUT2D eigenvalue weighted by Gasteiger charge is 2.34. The van der Waals surface area contributed by atoms with Crippen LogP contribution in [0.1, 0.15) is 32.6 Å². The summed E-state index contributed by atoms with van der Waals surface area (Å²) in [6.45, 7) is 5.26. The van der Waals surface area contributed by atoms with Gasteiger partial charge in [0.15, 0.2) is 24.9 Å². The van der Waals surface area contributed by atoms with E-state index >= 15 is 0 Å². The van der Waals surface area contributed by atoms with Crippen LogP contribution in [0.5, 0.6) is 0 Å². The van der Waals surface area contributed by atoms with Gasteiger partial charge in [0, 0.05) is 19.4 Å². The fourth-order valence-corrected chi connectivity index (χ4v) is 2.14. The zero-order valence-electron chi connectivity index (χ0n) is 7.88. The summed E-state index contributed by atoms with van der Waals surface area (Å²) < 4.78 is 8.02. The molecule has 2 heteroatoms. The third-order valence-corrected chi connectivity index (χ3v) is 2.88. The van der Waals surface area contributed by atoms with Crippen molar-refractivity contribution in [2.45, 2.75) is 38.7 Å². The molecule has 0 bridgehead atoms. The van der Waals surface area contributed by atoms with E-state index in [1.54, 1.807) is 5.71 Å². The van der Waals surface area contributed by atoms with Crippen molar-refractivity contribution in [3.63, 3.8) is 0 Å². The summed E-state index contributed by atoms with van der Waals surface area (Å²) in [6, 6.07) is 0. The first-order valence-corrected chi connectivity index (χ1v) is 5.11. The highest BCUT2D eigenvalue weighted by atomic mass is 16.5. The van der Waals surface area contributed by atoms with Crippen molar-refractivity contribution in [3.8, 4) is 0 Å². The fraction of sp³-hybridized carbons (Fsp3) is 0.900. The van der Waals surface area contributed by atoms with Gasteiger partial charge in [-0.1, -0.05) is 0 Å². The lowest BCUT2D eigenvalue weighted by Crippen LogP contribution is -2.48. The Labute approximate surface area is 74.2 Å². The van der Waals surface area contributed by atoms with E-state index in [-0.39, 0.29) is 0 Å². The molecule has 0 spiro atoms. The van der Waals surface area contributed by atoms with Crippen LogP contribution < -0.4 is 0 Å². The topological polar surface area (TPSA) is 12.2 Å². The highest BCUT2D eigenvalue weighted by molar-refractivity contribution is 5.81. The zero-order valence-corrected chi connectivity index (χ0v) is 7.88. The SMILES string of the molecule is CCOC1C[N+](=C2CCCC2)C1. The van der Waals surface area contributed by atoms with Gasteiger partial charge in [-0.25, -0.2) is 4.58 Å². The molecule has 0 aromatic heterocycles. The van der Waals surface area contributed by atoms with Gasteiger partial charge in [-0.3, -0.25) is 0 Å². The predicted molar refractivity (Wildman–Crippen MR) is 48.9 cm³/mol. The predicted octanol–water partition coefficient (Wildman–Crippen LogP) is 1.43. The van der Waals surface area contributed by atoms with Gasteiger partial charge in [0.2, 0.25) is 0 Å². The van der Waals surface area contributed by atoms with Crippen molar-refractivity contribution in [1.82, 2.24) is 0 Å². The maximum Gasteiger partial charge on any atom is 0.175 e. The van der Waals surface area contributed by atoms with Gasteiger partial charge in [-0.15, -0.1) is 0 Å². The van der Waals surface area contributed by atoms with Gasteiger partial charge < -0.3 is 4.74 Å². The molecule has 0 aromatic rings. The highest BCUT2D eigenvalue weighted by Crippen LogP contribution is 2.18. The number of nitrogens with zero attached hydrogens (tertiary/aromatic N) is 1. The van der Waals surface area contributed by atoms with Gasteiger partial charge in [-0.05, 0) is 19.8 Å². The molecule has 1 aliphatic carbocycles. The minimum Gasteiger partial charge on any atom is -0.365 e. The van der Waals surface area contributed by atoms with Crippen LogP contribution >= 0.6 is 0 Å². The standard InChI is InChI=1S/C10H18NO/c1-2-12-10-7-11(8-10)9-5-3-4-6-9/h10H,2-8H2,1H3/q+1. The van der Waals surface area contributed by atoms with Crippen LogP contribution in [0.3, 0.4) is 0 Å². The first-order chi connectivity index (χ1) is 5.90. The number of rotatable bonds is 2. The second kappa shape index (κ2) is 3.56. The van der Waals surface area contributed by atoms with Gasteiger partial charge in [0.25, 0.3) is 0 Å². The van der Waals surface area contributed by atoms with Gasteiger partial charge >= 0.3 is 0 Å². The normalized spacial score (nSPS) is 29.2. The Morgan fingerprint density at radius 3 is 2.58 bits per heavy atom. The Morgan fingerprint density at radius 2 is 2.00 bits per heavy atom. The molecular weight excluding hydrogens is 150 g/mol. The van der Waals surface area contributed by atoms with Gasteiger partial charge in [0.05, 0.1) is 0 Å². The Balaban J connectivity index is 1.82. The minimum atomic E-state index is 0.531. The Bertz CT molecular complexity index is 182. The molecule has 0 N–H and O–H groups in total. The van der Waals surface area contributed by atoms with Crippen molar-refractivity contribution in [1.29, 1.82) is 0 Å². The summed E-state index contributed by atoms with van der Waals surface area (Å²) >= 11 is 0. The summed E-state index contributed by atoms with van der Waals surface area (Å²) in [5.74, 6) is 0. The van der Waals surface area contributed by atoms with E-state index in [4.69, 9.17) is 4.74 Å². The summed E-state index contributed by atoms with van der Waals surface area (Å²) in [6.07, 6.45) is 6.04. The number of hydrogen-bond donors (Lipinski definition) is 0. The molecule has 1 saturated heterocycles. The fourth-order valence-electron chi connectivity index (χ4n) is 2.14. The van der Waals surface area contributed by atoms with Gasteiger partial charge in [0.1, 0.15) is 0 Å². The lowest BCUT2D eigenvalue weighted by molar-refractivity contribution is -0.610. The molecule has 2 fully saturated rings. The van der Waals surface area contributed by atoms with E-state index in [9.17, 15) is 0 Å². The largest absolute Gasteiger partial charge is 0.365 e. The zero-order chi connectivity index (χ0) is 8.39. The van der Waals surface area contributed by atoms with E-state index in [1.165, 1.54) is 25.7 Å². The molecule has 2 aliphatic rings. The molecular formula is C10H18NO+. The van der Waals surface area contributed by atoms with Crippen LogP contribution in [0, 0.1) is 0 Å². The smallest absolute Gasteiger partial charge is 0.175 e. The first kappa shape index (κ1) is 8.24. The van der Waals surface area contributed by atoms with Crippen molar-refractivity contribution >= 4 is 5.71 Å². The maximum atomic E-state index is 5.51. The quantitative estimate of drug-likeness (QED) is 0.568. The molecule has 1 saturated carbocycles. The molecule has 2 rings (SSSR count). The molecule has 12 heavy (non-hydrogen) atoms. The van der Waals surface area contributed by atoms with Crippen LogP contribution in [0.4, 0.5) is 0 Å². The summed E-state index contributed by atoms with van der Waals surface area (Å²) in [5, 5.41) is 0. The second-order valence-corrected chi connectivity index (χ2v) is 3.76. The van der Waals surface area contributed by atoms with E-state index in [1.807, 2.05) is 0 Å². The number of ether oxygens (including phenoxy) is 1. The van der Waals surface area contributed by atoms with Crippen molar-refractivity contribution < 1.29 is 9.31 Å². The molecule has 0 radical (unpaired) electrons. The van der Waals surface area contributed by atoms with E-state index < -0.39 is 0 Å². The van der Waals surface area contributed by atoms with E-state index in [2.05, 4.69) is 11.5 Å². The van der Waals surface area contributed by atoms with Crippen LogP contribution in [-0.2, 0) is 4.74 Å². The van der Waals surface area contributed by atoms with Crippen LogP contribution in [-0.4, -0.2) is 36.1 Å². The van der Waals surface area contributed by atoms with E-state index in [0.717, 1.165) is 19.7 Å². The Kier molecular flexibility index (Phi) is 2.45. The average Bonchev–Trinajstić information content (AvgIpc) is 2.47. The minimum absolute atomic E-state index is 0.531. The Hall–Kier alpha value is -0.370. The molecule has 2 nitrogen and oxygen atoms in total. The summed E-state index contributed by atoms with van der Waals surface area (Å²) in [5.41, 5.74) is 1.69. The molecule has 0 amide bonds. The lowest BCUT2D eigenvalue weighted by Gasteiger charge is -2.24. The monoisotopic (exact) mass is 168 g/mol. The molecule has 0 unspecified atom stereocenters.